The lowest BCUT2D eigenvalue weighted by Gasteiger charge is -2.21. The number of pyridine rings is 1. The summed E-state index contributed by atoms with van der Waals surface area (Å²) in [6.45, 7) is 3.94. The van der Waals surface area contributed by atoms with E-state index in [1.165, 1.54) is 0 Å². The Kier molecular flexibility index (Phi) is 3.59. The van der Waals surface area contributed by atoms with Crippen molar-refractivity contribution in [1.29, 1.82) is 5.26 Å². The van der Waals surface area contributed by atoms with Crippen molar-refractivity contribution in [3.63, 3.8) is 0 Å². The molecule has 2 heterocycles. The van der Waals surface area contributed by atoms with Crippen LogP contribution in [-0.2, 0) is 5.41 Å². The predicted molar refractivity (Wildman–Crippen MR) is 87.6 cm³/mol. The number of benzene rings is 1. The molecular formula is C17H15ClN4. The third-order valence-electron chi connectivity index (χ3n) is 4.15. The third-order valence-corrected chi connectivity index (χ3v) is 4.37. The van der Waals surface area contributed by atoms with Gasteiger partial charge in [-0.05, 0) is 54.3 Å². The minimum absolute atomic E-state index is 0.553. The summed E-state index contributed by atoms with van der Waals surface area (Å²) in [6.07, 6.45) is 4.21. The minimum atomic E-state index is -0.553. The van der Waals surface area contributed by atoms with Gasteiger partial charge in [-0.2, -0.15) is 10.4 Å². The van der Waals surface area contributed by atoms with Crippen LogP contribution in [0.4, 0.5) is 0 Å². The summed E-state index contributed by atoms with van der Waals surface area (Å²) in [4.78, 5) is 4.25. The summed E-state index contributed by atoms with van der Waals surface area (Å²) in [7, 11) is 0. The molecule has 22 heavy (non-hydrogen) atoms. The second kappa shape index (κ2) is 5.43. The van der Waals surface area contributed by atoms with Gasteiger partial charge >= 0.3 is 0 Å². The quantitative estimate of drug-likeness (QED) is 0.776. The molecule has 1 N–H and O–H groups in total. The van der Waals surface area contributed by atoms with Crippen molar-refractivity contribution >= 4 is 22.6 Å². The second-order valence-electron chi connectivity index (χ2n) is 5.52. The fourth-order valence-electron chi connectivity index (χ4n) is 2.51. The maximum atomic E-state index is 9.51. The molecule has 4 nitrogen and oxygen atoms in total. The average molecular weight is 311 g/mol. The van der Waals surface area contributed by atoms with Gasteiger partial charge in [-0.3, -0.25) is 5.10 Å². The van der Waals surface area contributed by atoms with E-state index in [2.05, 4.69) is 21.3 Å². The van der Waals surface area contributed by atoms with Crippen LogP contribution in [0.2, 0.25) is 5.02 Å². The van der Waals surface area contributed by atoms with E-state index < -0.39 is 5.41 Å². The van der Waals surface area contributed by atoms with Crippen molar-refractivity contribution in [1.82, 2.24) is 15.2 Å². The summed E-state index contributed by atoms with van der Waals surface area (Å²) in [5.74, 6) is 0. The highest BCUT2D eigenvalue weighted by atomic mass is 35.5. The van der Waals surface area contributed by atoms with Crippen LogP contribution in [0.15, 0.2) is 36.7 Å². The summed E-state index contributed by atoms with van der Waals surface area (Å²) in [5, 5.41) is 18.0. The highest BCUT2D eigenvalue weighted by molar-refractivity contribution is 6.31. The number of nitrogens with zero attached hydrogens (tertiary/aromatic N) is 3. The van der Waals surface area contributed by atoms with Gasteiger partial charge in [-0.15, -0.1) is 0 Å². The molecule has 1 unspecified atom stereocenters. The zero-order chi connectivity index (χ0) is 15.7. The van der Waals surface area contributed by atoms with Crippen LogP contribution in [0.3, 0.4) is 0 Å². The van der Waals surface area contributed by atoms with Gasteiger partial charge in [0, 0.05) is 16.6 Å². The van der Waals surface area contributed by atoms with Crippen molar-refractivity contribution in [3.8, 4) is 17.2 Å². The van der Waals surface area contributed by atoms with E-state index in [9.17, 15) is 5.26 Å². The first kappa shape index (κ1) is 14.6. The summed E-state index contributed by atoms with van der Waals surface area (Å²) >= 11 is 6.30. The Morgan fingerprint density at radius 2 is 2.18 bits per heavy atom. The van der Waals surface area contributed by atoms with Gasteiger partial charge in [-0.25, -0.2) is 4.98 Å². The molecule has 0 radical (unpaired) electrons. The SMILES string of the molecule is CCC(C)(C#N)c1cc(Cl)cc(-c2ccnc3[nH]ncc23)c1. The van der Waals surface area contributed by atoms with Crippen molar-refractivity contribution in [2.75, 3.05) is 0 Å². The van der Waals surface area contributed by atoms with Crippen LogP contribution >= 0.6 is 11.6 Å². The van der Waals surface area contributed by atoms with Crippen molar-refractivity contribution in [2.24, 2.45) is 0 Å². The molecule has 0 saturated carbocycles. The molecule has 0 bridgehead atoms. The van der Waals surface area contributed by atoms with Crippen LogP contribution in [0, 0.1) is 11.3 Å². The Morgan fingerprint density at radius 3 is 2.91 bits per heavy atom. The van der Waals surface area contributed by atoms with Gasteiger partial charge in [0.15, 0.2) is 5.65 Å². The molecule has 0 amide bonds. The maximum absolute atomic E-state index is 9.51. The summed E-state index contributed by atoms with van der Waals surface area (Å²) in [6, 6.07) is 10.1. The van der Waals surface area contributed by atoms with E-state index in [4.69, 9.17) is 11.6 Å². The first-order valence-electron chi connectivity index (χ1n) is 7.08. The van der Waals surface area contributed by atoms with Crippen LogP contribution in [0.5, 0.6) is 0 Å². The summed E-state index contributed by atoms with van der Waals surface area (Å²) < 4.78 is 0. The minimum Gasteiger partial charge on any atom is -0.261 e. The highest BCUT2D eigenvalue weighted by Crippen LogP contribution is 2.35. The largest absolute Gasteiger partial charge is 0.261 e. The predicted octanol–water partition coefficient (Wildman–Crippen LogP) is 4.47. The molecule has 2 aromatic heterocycles. The van der Waals surface area contributed by atoms with Gasteiger partial charge < -0.3 is 0 Å². The molecule has 3 rings (SSSR count). The second-order valence-corrected chi connectivity index (χ2v) is 5.95. The number of hydrogen-bond donors (Lipinski definition) is 1. The van der Waals surface area contributed by atoms with Gasteiger partial charge in [0.2, 0.25) is 0 Å². The molecule has 0 aliphatic rings. The standard InChI is InChI=1S/C17H15ClN4/c1-3-17(2,10-19)12-6-11(7-13(18)8-12)14-4-5-20-16-15(14)9-21-22-16/h4-9H,3H2,1-2H3,(H,20,21,22). The van der Waals surface area contributed by atoms with Gasteiger partial charge in [0.1, 0.15) is 0 Å². The Hall–Kier alpha value is -2.38. The average Bonchev–Trinajstić information content (AvgIpc) is 3.02. The molecule has 1 aromatic carbocycles. The molecule has 110 valence electrons. The van der Waals surface area contributed by atoms with Gasteiger partial charge in [-0.1, -0.05) is 18.5 Å². The first-order valence-corrected chi connectivity index (χ1v) is 7.46. The smallest absolute Gasteiger partial charge is 0.155 e. The lowest BCUT2D eigenvalue weighted by molar-refractivity contribution is 0.587. The topological polar surface area (TPSA) is 65.4 Å². The maximum Gasteiger partial charge on any atom is 0.155 e. The zero-order valence-corrected chi connectivity index (χ0v) is 13.1. The van der Waals surface area contributed by atoms with E-state index in [-0.39, 0.29) is 0 Å². The lowest BCUT2D eigenvalue weighted by atomic mass is 9.80. The number of aromatic amines is 1. The zero-order valence-electron chi connectivity index (χ0n) is 12.4. The Balaban J connectivity index is 2.23. The van der Waals surface area contributed by atoms with Crippen LogP contribution in [0.25, 0.3) is 22.2 Å². The number of nitriles is 1. The summed E-state index contributed by atoms with van der Waals surface area (Å²) in [5.41, 5.74) is 3.07. The van der Waals surface area contributed by atoms with E-state index >= 15 is 0 Å². The van der Waals surface area contributed by atoms with Crippen LogP contribution in [-0.4, -0.2) is 15.2 Å². The molecule has 0 fully saturated rings. The van der Waals surface area contributed by atoms with Gasteiger partial charge in [0.25, 0.3) is 0 Å². The Bertz CT molecular complexity index is 878. The van der Waals surface area contributed by atoms with Crippen molar-refractivity contribution < 1.29 is 0 Å². The molecule has 0 aliphatic carbocycles. The molecule has 0 aliphatic heterocycles. The van der Waals surface area contributed by atoms with Crippen molar-refractivity contribution in [2.45, 2.75) is 25.7 Å². The normalized spacial score (nSPS) is 13.7. The number of hydrogen-bond acceptors (Lipinski definition) is 3. The van der Waals surface area contributed by atoms with E-state index in [1.807, 2.05) is 38.1 Å². The number of H-pyrrole nitrogens is 1. The number of aromatic nitrogens is 3. The Labute approximate surface area is 133 Å². The Morgan fingerprint density at radius 1 is 1.36 bits per heavy atom. The number of halogens is 1. The number of fused-ring (bicyclic) bond motifs is 1. The molecule has 3 aromatic rings. The molecule has 0 spiro atoms. The monoisotopic (exact) mass is 310 g/mol. The fraction of sp³-hybridized carbons (Fsp3) is 0.235. The number of nitrogens with one attached hydrogen (secondary N) is 1. The highest BCUT2D eigenvalue weighted by Gasteiger charge is 2.25. The van der Waals surface area contributed by atoms with Crippen molar-refractivity contribution in [3.05, 3.63) is 47.2 Å². The fourth-order valence-corrected chi connectivity index (χ4v) is 2.75. The lowest BCUT2D eigenvalue weighted by Crippen LogP contribution is -2.18. The van der Waals surface area contributed by atoms with Crippen LogP contribution in [0.1, 0.15) is 25.8 Å². The third kappa shape index (κ3) is 2.34. The first-order chi connectivity index (χ1) is 10.6. The molecule has 5 heteroatoms. The molecule has 0 saturated heterocycles. The van der Waals surface area contributed by atoms with E-state index in [1.54, 1.807) is 12.4 Å². The molecule has 1 atom stereocenters. The van der Waals surface area contributed by atoms with Crippen LogP contribution < -0.4 is 0 Å². The van der Waals surface area contributed by atoms with Gasteiger partial charge in [0.05, 0.1) is 17.7 Å². The molecular weight excluding hydrogens is 296 g/mol. The van der Waals surface area contributed by atoms with E-state index in [0.29, 0.717) is 5.02 Å². The number of rotatable bonds is 3. The van der Waals surface area contributed by atoms with E-state index in [0.717, 1.165) is 34.1 Å².